The van der Waals surface area contributed by atoms with E-state index >= 15 is 0 Å². The van der Waals surface area contributed by atoms with Crippen LogP contribution in [0.15, 0.2) is 28.0 Å². The summed E-state index contributed by atoms with van der Waals surface area (Å²) in [6.45, 7) is 5.74. The summed E-state index contributed by atoms with van der Waals surface area (Å²) in [5, 5.41) is 4.00. The Morgan fingerprint density at radius 1 is 1.50 bits per heavy atom. The molecule has 0 aromatic carbocycles. The molecule has 0 saturated heterocycles. The van der Waals surface area contributed by atoms with Crippen LogP contribution in [0.4, 0.5) is 0 Å². The smallest absolute Gasteiger partial charge is 0.305 e. The predicted molar refractivity (Wildman–Crippen MR) is 80.6 cm³/mol. The Kier molecular flexibility index (Phi) is 7.22. The normalized spacial score (nSPS) is 12.9. The number of carbonyl (C=O) groups is 1. The molecule has 0 aliphatic heterocycles. The number of hydrogen-bond acceptors (Lipinski definition) is 5. The fourth-order valence-corrected chi connectivity index (χ4v) is 1.56. The van der Waals surface area contributed by atoms with Gasteiger partial charge in [0, 0.05) is 17.1 Å². The Bertz CT molecular complexity index is 460. The summed E-state index contributed by atoms with van der Waals surface area (Å²) in [5.41, 5.74) is 1.41. The molecule has 1 aromatic rings. The lowest BCUT2D eigenvalue weighted by Gasteiger charge is -2.11. The van der Waals surface area contributed by atoms with E-state index in [4.69, 9.17) is 9.57 Å². The molecule has 6 heteroatoms. The minimum atomic E-state index is -0.291. The second-order valence-electron chi connectivity index (χ2n) is 4.39. The van der Waals surface area contributed by atoms with Gasteiger partial charge in [0.1, 0.15) is 12.3 Å². The molecule has 1 atom stereocenters. The van der Waals surface area contributed by atoms with E-state index < -0.39 is 0 Å². The van der Waals surface area contributed by atoms with Gasteiger partial charge in [0.25, 0.3) is 0 Å². The maximum Gasteiger partial charge on any atom is 0.305 e. The number of rotatable bonds is 7. The van der Waals surface area contributed by atoms with Gasteiger partial charge in [-0.3, -0.25) is 9.78 Å². The summed E-state index contributed by atoms with van der Waals surface area (Å²) >= 11 is 3.32. The van der Waals surface area contributed by atoms with Gasteiger partial charge in [0.05, 0.1) is 5.69 Å². The first-order chi connectivity index (χ1) is 9.52. The molecule has 20 heavy (non-hydrogen) atoms. The third kappa shape index (κ3) is 6.14. The number of aromatic nitrogens is 1. The summed E-state index contributed by atoms with van der Waals surface area (Å²) < 4.78 is 5.95. The van der Waals surface area contributed by atoms with E-state index in [9.17, 15) is 4.79 Å². The van der Waals surface area contributed by atoms with Gasteiger partial charge in [-0.25, -0.2) is 0 Å². The molecule has 5 nitrogen and oxygen atoms in total. The third-order valence-corrected chi connectivity index (χ3v) is 2.87. The van der Waals surface area contributed by atoms with Gasteiger partial charge >= 0.3 is 5.97 Å². The number of hydrogen-bond donors (Lipinski definition) is 0. The van der Waals surface area contributed by atoms with Crippen LogP contribution in [-0.4, -0.2) is 29.4 Å². The Morgan fingerprint density at radius 3 is 2.85 bits per heavy atom. The lowest BCUT2D eigenvalue weighted by Crippen LogP contribution is -2.17. The molecule has 0 fully saturated rings. The van der Waals surface area contributed by atoms with Crippen LogP contribution in [-0.2, 0) is 14.4 Å². The van der Waals surface area contributed by atoms with E-state index in [0.29, 0.717) is 12.1 Å². The zero-order valence-electron chi connectivity index (χ0n) is 11.9. The van der Waals surface area contributed by atoms with E-state index in [-0.39, 0.29) is 18.7 Å². The van der Waals surface area contributed by atoms with Crippen molar-refractivity contribution in [2.24, 2.45) is 5.16 Å². The fourth-order valence-electron chi connectivity index (χ4n) is 1.32. The molecule has 110 valence electrons. The van der Waals surface area contributed by atoms with E-state index in [2.05, 4.69) is 26.1 Å². The lowest BCUT2D eigenvalue weighted by molar-refractivity contribution is -0.147. The summed E-state index contributed by atoms with van der Waals surface area (Å²) in [5.74, 6) is -0.210. The van der Waals surface area contributed by atoms with E-state index in [0.717, 1.165) is 16.6 Å². The van der Waals surface area contributed by atoms with Crippen LogP contribution in [0.3, 0.4) is 0 Å². The summed E-state index contributed by atoms with van der Waals surface area (Å²) in [4.78, 5) is 20.7. The van der Waals surface area contributed by atoms with Gasteiger partial charge in [-0.2, -0.15) is 0 Å². The van der Waals surface area contributed by atoms with Gasteiger partial charge < -0.3 is 9.57 Å². The van der Waals surface area contributed by atoms with Gasteiger partial charge in [-0.1, -0.05) is 12.1 Å². The second-order valence-corrected chi connectivity index (χ2v) is 5.30. The average molecular weight is 343 g/mol. The zero-order valence-corrected chi connectivity index (χ0v) is 13.5. The van der Waals surface area contributed by atoms with Crippen LogP contribution >= 0.6 is 15.9 Å². The minimum Gasteiger partial charge on any atom is -0.462 e. The highest BCUT2D eigenvalue weighted by Crippen LogP contribution is 2.08. The summed E-state index contributed by atoms with van der Waals surface area (Å²) in [6.07, 6.45) is 2.61. The number of ether oxygens (including phenoxy) is 1. The Balaban J connectivity index is 2.42. The first-order valence-electron chi connectivity index (χ1n) is 6.51. The molecule has 0 N–H and O–H groups in total. The van der Waals surface area contributed by atoms with Crippen molar-refractivity contribution in [3.8, 4) is 0 Å². The molecule has 0 bridgehead atoms. The molecule has 0 saturated carbocycles. The number of oxime groups is 1. The predicted octanol–water partition coefficient (Wildman–Crippen LogP) is 3.32. The molecular weight excluding hydrogens is 324 g/mol. The first-order valence-corrected chi connectivity index (χ1v) is 7.30. The number of nitrogens with zero attached hydrogens (tertiary/aromatic N) is 2. The van der Waals surface area contributed by atoms with Crippen molar-refractivity contribution in [1.82, 2.24) is 4.98 Å². The van der Waals surface area contributed by atoms with E-state index in [1.165, 1.54) is 0 Å². The Morgan fingerprint density at radius 2 is 2.25 bits per heavy atom. The molecule has 0 aliphatic rings. The highest BCUT2D eigenvalue weighted by molar-refractivity contribution is 9.10. The number of carbonyl (C=O) groups excluding carboxylic acids is 1. The number of halogens is 1. The third-order valence-electron chi connectivity index (χ3n) is 2.40. The number of pyridine rings is 1. The highest BCUT2D eigenvalue weighted by atomic mass is 79.9. The van der Waals surface area contributed by atoms with Crippen LogP contribution in [0.1, 0.15) is 39.3 Å². The van der Waals surface area contributed by atoms with Crippen molar-refractivity contribution in [1.29, 1.82) is 0 Å². The molecule has 0 aliphatic carbocycles. The molecule has 0 amide bonds. The number of esters is 1. The molecule has 0 radical (unpaired) electrons. The average Bonchev–Trinajstić information content (AvgIpc) is 2.43. The molecule has 0 spiro atoms. The van der Waals surface area contributed by atoms with Crippen molar-refractivity contribution in [2.45, 2.75) is 39.7 Å². The topological polar surface area (TPSA) is 60.8 Å². The fraction of sp³-hybridized carbons (Fsp3) is 0.500. The summed E-state index contributed by atoms with van der Waals surface area (Å²) in [7, 11) is 0. The maximum absolute atomic E-state index is 11.2. The monoisotopic (exact) mass is 342 g/mol. The van der Waals surface area contributed by atoms with Gasteiger partial charge in [-0.05, 0) is 48.3 Å². The first kappa shape index (κ1) is 16.6. The molecule has 1 unspecified atom stereocenters. The van der Waals surface area contributed by atoms with Gasteiger partial charge in [0.15, 0.2) is 6.10 Å². The van der Waals surface area contributed by atoms with Crippen molar-refractivity contribution in [3.05, 3.63) is 28.5 Å². The van der Waals surface area contributed by atoms with Gasteiger partial charge in [-0.15, -0.1) is 0 Å². The van der Waals surface area contributed by atoms with E-state index in [1.54, 1.807) is 13.1 Å². The standard InChI is InChI=1S/C14H19BrN2O3/c1-4-5-14(18)19-9-10(2)20-17-11(3)13-7-6-12(15)8-16-13/h6-8,10H,4-5,9H2,1-3H3/b17-11+. The maximum atomic E-state index is 11.2. The van der Waals surface area contributed by atoms with Crippen LogP contribution < -0.4 is 0 Å². The summed E-state index contributed by atoms with van der Waals surface area (Å²) in [6, 6.07) is 3.73. The molecule has 1 rings (SSSR count). The van der Waals surface area contributed by atoms with Crippen LogP contribution in [0.5, 0.6) is 0 Å². The SMILES string of the molecule is CCCC(=O)OCC(C)O/N=C(\C)c1ccc(Br)cn1. The van der Waals surface area contributed by atoms with Crippen molar-refractivity contribution in [3.63, 3.8) is 0 Å². The van der Waals surface area contributed by atoms with Crippen LogP contribution in [0.2, 0.25) is 0 Å². The Hall–Kier alpha value is -1.43. The zero-order chi connectivity index (χ0) is 15.0. The second kappa shape index (κ2) is 8.68. The minimum absolute atomic E-state index is 0.198. The van der Waals surface area contributed by atoms with Crippen molar-refractivity contribution in [2.75, 3.05) is 6.61 Å². The Labute approximate surface area is 127 Å². The quantitative estimate of drug-likeness (QED) is 0.433. The van der Waals surface area contributed by atoms with Gasteiger partial charge in [0.2, 0.25) is 0 Å². The van der Waals surface area contributed by atoms with Crippen LogP contribution in [0, 0.1) is 0 Å². The molecule has 1 heterocycles. The molecule has 1 aromatic heterocycles. The van der Waals surface area contributed by atoms with Crippen molar-refractivity contribution < 1.29 is 14.4 Å². The van der Waals surface area contributed by atoms with Crippen molar-refractivity contribution >= 4 is 27.6 Å². The largest absolute Gasteiger partial charge is 0.462 e. The molecular formula is C14H19BrN2O3. The highest BCUT2D eigenvalue weighted by Gasteiger charge is 2.08. The lowest BCUT2D eigenvalue weighted by atomic mass is 10.3. The van der Waals surface area contributed by atoms with E-state index in [1.807, 2.05) is 26.0 Å². The van der Waals surface area contributed by atoms with Crippen LogP contribution in [0.25, 0.3) is 0 Å².